The summed E-state index contributed by atoms with van der Waals surface area (Å²) in [5.74, 6) is 0.287. The molecule has 2 nitrogen and oxygen atoms in total. The lowest BCUT2D eigenvalue weighted by Gasteiger charge is -2.42. The van der Waals surface area contributed by atoms with Crippen molar-refractivity contribution in [3.8, 4) is 0 Å². The number of likely N-dealkylation sites (tertiary alicyclic amines) is 1. The second-order valence-corrected chi connectivity index (χ2v) is 6.68. The summed E-state index contributed by atoms with van der Waals surface area (Å²) in [7, 11) is 0. The van der Waals surface area contributed by atoms with E-state index in [1.54, 1.807) is 0 Å². The molecule has 2 heteroatoms. The highest BCUT2D eigenvalue weighted by molar-refractivity contribution is 5.86. The number of hydrogen-bond acceptors (Lipinski definition) is 1. The van der Waals surface area contributed by atoms with Gasteiger partial charge >= 0.3 is 0 Å². The Morgan fingerprint density at radius 1 is 1.14 bits per heavy atom. The zero-order chi connectivity index (χ0) is 11.4. The van der Waals surface area contributed by atoms with Crippen LogP contribution in [0.1, 0.15) is 54.9 Å². The molecule has 1 rings (SSSR count). The minimum absolute atomic E-state index is 0.0150. The van der Waals surface area contributed by atoms with Crippen LogP contribution in [0.5, 0.6) is 0 Å². The van der Waals surface area contributed by atoms with Gasteiger partial charge in [0.25, 0.3) is 0 Å². The van der Waals surface area contributed by atoms with Crippen LogP contribution in [-0.2, 0) is 4.79 Å². The van der Waals surface area contributed by atoms with E-state index in [1.807, 2.05) is 18.7 Å². The van der Waals surface area contributed by atoms with E-state index in [2.05, 4.69) is 34.6 Å². The van der Waals surface area contributed by atoms with Gasteiger partial charge in [-0.05, 0) is 41.0 Å². The number of nitrogens with zero attached hydrogens (tertiary/aromatic N) is 1. The van der Waals surface area contributed by atoms with Gasteiger partial charge in [-0.2, -0.15) is 0 Å². The Balaban J connectivity index is 3.13. The Hall–Kier alpha value is -0.530. The summed E-state index contributed by atoms with van der Waals surface area (Å²) in [6, 6.07) is 0. The SMILES string of the molecule is CC1(C)CC(C)(C)N(C(C)(C)C)C1=O. The van der Waals surface area contributed by atoms with Crippen LogP contribution in [0.2, 0.25) is 0 Å². The fraction of sp³-hybridized carbons (Fsp3) is 0.917. The fourth-order valence-electron chi connectivity index (χ4n) is 3.03. The topological polar surface area (TPSA) is 20.3 Å². The van der Waals surface area contributed by atoms with E-state index in [4.69, 9.17) is 0 Å². The highest BCUT2D eigenvalue weighted by Crippen LogP contribution is 2.45. The Bertz CT molecular complexity index is 258. The zero-order valence-electron chi connectivity index (χ0n) is 10.6. The lowest BCUT2D eigenvalue weighted by atomic mass is 9.85. The molecule has 0 spiro atoms. The zero-order valence-corrected chi connectivity index (χ0v) is 10.6. The number of carbonyl (C=O) groups excluding carboxylic acids is 1. The third kappa shape index (κ3) is 1.67. The lowest BCUT2D eigenvalue weighted by molar-refractivity contribution is -0.141. The number of rotatable bonds is 0. The van der Waals surface area contributed by atoms with Gasteiger partial charge in [0.2, 0.25) is 5.91 Å². The van der Waals surface area contributed by atoms with E-state index in [1.165, 1.54) is 0 Å². The van der Waals surface area contributed by atoms with Crippen molar-refractivity contribution in [3.05, 3.63) is 0 Å². The van der Waals surface area contributed by atoms with E-state index in [0.717, 1.165) is 6.42 Å². The maximum absolute atomic E-state index is 12.2. The Morgan fingerprint density at radius 3 is 1.71 bits per heavy atom. The molecular formula is C12H23NO. The average Bonchev–Trinajstić information content (AvgIpc) is 1.93. The van der Waals surface area contributed by atoms with Crippen molar-refractivity contribution in [1.29, 1.82) is 0 Å². The molecule has 0 bridgehead atoms. The quantitative estimate of drug-likeness (QED) is 0.585. The molecule has 0 aliphatic carbocycles. The first kappa shape index (κ1) is 11.5. The van der Waals surface area contributed by atoms with E-state index in [9.17, 15) is 4.79 Å². The fourth-order valence-corrected chi connectivity index (χ4v) is 3.03. The monoisotopic (exact) mass is 197 g/mol. The van der Waals surface area contributed by atoms with Gasteiger partial charge in [-0.25, -0.2) is 0 Å². The maximum Gasteiger partial charge on any atom is 0.229 e. The van der Waals surface area contributed by atoms with Gasteiger partial charge in [0, 0.05) is 16.5 Å². The first-order valence-electron chi connectivity index (χ1n) is 5.33. The molecule has 0 radical (unpaired) electrons. The molecule has 0 aromatic carbocycles. The molecule has 0 atom stereocenters. The summed E-state index contributed by atoms with van der Waals surface area (Å²) in [6.07, 6.45) is 0.941. The molecule has 82 valence electrons. The second-order valence-electron chi connectivity index (χ2n) is 6.68. The van der Waals surface area contributed by atoms with Crippen molar-refractivity contribution in [3.63, 3.8) is 0 Å². The minimum atomic E-state index is -0.198. The Morgan fingerprint density at radius 2 is 1.57 bits per heavy atom. The molecule has 1 amide bonds. The molecule has 1 heterocycles. The van der Waals surface area contributed by atoms with Gasteiger partial charge in [-0.1, -0.05) is 13.8 Å². The van der Waals surface area contributed by atoms with Crippen LogP contribution in [0.4, 0.5) is 0 Å². The molecule has 1 saturated heterocycles. The summed E-state index contributed by atoms with van der Waals surface area (Å²) < 4.78 is 0. The van der Waals surface area contributed by atoms with E-state index in [0.29, 0.717) is 0 Å². The number of amides is 1. The van der Waals surface area contributed by atoms with E-state index >= 15 is 0 Å². The van der Waals surface area contributed by atoms with Gasteiger partial charge in [-0.15, -0.1) is 0 Å². The number of hydrogen-bond donors (Lipinski definition) is 0. The molecule has 14 heavy (non-hydrogen) atoms. The van der Waals surface area contributed by atoms with Crippen molar-refractivity contribution in [2.45, 2.75) is 66.0 Å². The second kappa shape index (κ2) is 2.74. The van der Waals surface area contributed by atoms with Gasteiger partial charge in [0.1, 0.15) is 0 Å². The van der Waals surface area contributed by atoms with Crippen LogP contribution in [0.25, 0.3) is 0 Å². The van der Waals surface area contributed by atoms with Crippen LogP contribution in [0.3, 0.4) is 0 Å². The Labute approximate surface area is 87.7 Å². The average molecular weight is 197 g/mol. The van der Waals surface area contributed by atoms with Gasteiger partial charge < -0.3 is 4.90 Å². The van der Waals surface area contributed by atoms with E-state index in [-0.39, 0.29) is 22.4 Å². The predicted molar refractivity (Wildman–Crippen MR) is 59.1 cm³/mol. The lowest BCUT2D eigenvalue weighted by Crippen LogP contribution is -2.52. The highest BCUT2D eigenvalue weighted by atomic mass is 16.2. The van der Waals surface area contributed by atoms with Gasteiger partial charge in [0.15, 0.2) is 0 Å². The molecule has 0 unspecified atom stereocenters. The summed E-state index contributed by atoms with van der Waals surface area (Å²) >= 11 is 0. The van der Waals surface area contributed by atoms with Gasteiger partial charge in [-0.3, -0.25) is 4.79 Å². The first-order valence-corrected chi connectivity index (χ1v) is 5.33. The molecule has 0 N–H and O–H groups in total. The molecule has 1 fully saturated rings. The smallest absolute Gasteiger partial charge is 0.229 e. The van der Waals surface area contributed by atoms with Crippen molar-refractivity contribution in [1.82, 2.24) is 4.90 Å². The Kier molecular flexibility index (Phi) is 2.26. The summed E-state index contributed by atoms with van der Waals surface area (Å²) in [5, 5.41) is 0. The van der Waals surface area contributed by atoms with Crippen LogP contribution in [0.15, 0.2) is 0 Å². The summed E-state index contributed by atoms with van der Waals surface area (Å²) in [5.41, 5.74) is -0.288. The molecule has 0 aromatic heterocycles. The standard InChI is InChI=1S/C12H23NO/c1-10(2,3)13-9(14)11(4,5)8-12(13,6)7/h8H2,1-7H3. The summed E-state index contributed by atoms with van der Waals surface area (Å²) in [6.45, 7) is 14.7. The minimum Gasteiger partial charge on any atom is -0.332 e. The van der Waals surface area contributed by atoms with Crippen molar-refractivity contribution >= 4 is 5.91 Å². The van der Waals surface area contributed by atoms with Crippen LogP contribution in [-0.4, -0.2) is 21.9 Å². The normalized spacial score (nSPS) is 25.6. The maximum atomic E-state index is 12.2. The molecule has 1 aliphatic heterocycles. The third-order valence-electron chi connectivity index (χ3n) is 2.93. The van der Waals surface area contributed by atoms with Crippen molar-refractivity contribution in [2.24, 2.45) is 5.41 Å². The molecule has 1 aliphatic rings. The van der Waals surface area contributed by atoms with Crippen LogP contribution in [0, 0.1) is 5.41 Å². The predicted octanol–water partition coefficient (Wildman–Crippen LogP) is 2.82. The van der Waals surface area contributed by atoms with E-state index < -0.39 is 0 Å². The third-order valence-corrected chi connectivity index (χ3v) is 2.93. The van der Waals surface area contributed by atoms with Gasteiger partial charge in [0.05, 0.1) is 0 Å². The first-order chi connectivity index (χ1) is 5.98. The number of carbonyl (C=O) groups is 1. The largest absolute Gasteiger partial charge is 0.332 e. The highest BCUT2D eigenvalue weighted by Gasteiger charge is 2.53. The van der Waals surface area contributed by atoms with Crippen molar-refractivity contribution < 1.29 is 4.79 Å². The molecular weight excluding hydrogens is 174 g/mol. The molecule has 0 saturated carbocycles. The molecule has 0 aromatic rings. The van der Waals surface area contributed by atoms with Crippen molar-refractivity contribution in [2.75, 3.05) is 0 Å². The van der Waals surface area contributed by atoms with Crippen LogP contribution >= 0.6 is 0 Å². The van der Waals surface area contributed by atoms with Crippen LogP contribution < -0.4 is 0 Å². The summed E-state index contributed by atoms with van der Waals surface area (Å²) in [4.78, 5) is 14.3.